The number of benzene rings is 6. The van der Waals surface area contributed by atoms with Crippen LogP contribution in [-0.2, 0) is 16.0 Å². The van der Waals surface area contributed by atoms with Crippen molar-refractivity contribution in [3.63, 3.8) is 0 Å². The Morgan fingerprint density at radius 2 is 0.840 bits per heavy atom. The lowest BCUT2D eigenvalue weighted by Crippen LogP contribution is -2.33. The van der Waals surface area contributed by atoms with E-state index in [9.17, 15) is 9.90 Å². The molecule has 50 heavy (non-hydrogen) atoms. The molecule has 6 aromatic rings. The molecular formula is C44H44O4P2. The van der Waals surface area contributed by atoms with Crippen LogP contribution in [0.2, 0.25) is 0 Å². The van der Waals surface area contributed by atoms with E-state index in [4.69, 9.17) is 9.90 Å². The number of hydrogen-bond acceptors (Lipinski definition) is 2. The zero-order valence-corrected chi connectivity index (χ0v) is 30.6. The first kappa shape index (κ1) is 37.8. The Morgan fingerprint density at radius 3 is 1.16 bits per heavy atom. The highest BCUT2D eigenvalue weighted by molar-refractivity contribution is 7.96. The maximum Gasteiger partial charge on any atom is 0.332 e. The van der Waals surface area contributed by atoms with E-state index in [1.807, 2.05) is 61.5 Å². The van der Waals surface area contributed by atoms with Gasteiger partial charge in [-0.3, -0.25) is 4.79 Å². The second-order valence-corrected chi connectivity index (χ2v) is 16.9. The molecule has 6 heteroatoms. The van der Waals surface area contributed by atoms with Gasteiger partial charge in [0.05, 0.1) is 0 Å². The molecule has 0 amide bonds. The monoisotopic (exact) mass is 698 g/mol. The fraction of sp³-hybridized carbons (Fsp3) is 0.114. The van der Waals surface area contributed by atoms with Crippen LogP contribution in [0.25, 0.3) is 0 Å². The van der Waals surface area contributed by atoms with Gasteiger partial charge in [0.1, 0.15) is 0 Å². The maximum atomic E-state index is 12.3. The van der Waals surface area contributed by atoms with E-state index in [0.717, 1.165) is 29.3 Å². The molecule has 0 radical (unpaired) electrons. The van der Waals surface area contributed by atoms with Crippen molar-refractivity contribution >= 4 is 63.9 Å². The number of hydrogen-bond donors (Lipinski definition) is 2. The highest BCUT2D eigenvalue weighted by atomic mass is 31.2. The molecule has 6 rings (SSSR count). The Kier molecular flexibility index (Phi) is 14.6. The Hall–Kier alpha value is -5.01. The Labute approximate surface area is 297 Å². The van der Waals surface area contributed by atoms with Crippen molar-refractivity contribution in [1.82, 2.24) is 0 Å². The molecule has 0 aliphatic heterocycles. The predicted octanol–water partition coefficient (Wildman–Crippen LogP) is 7.75. The van der Waals surface area contributed by atoms with Gasteiger partial charge in [-0.05, 0) is 65.0 Å². The molecule has 0 aliphatic rings. The molecule has 6 aromatic carbocycles. The summed E-state index contributed by atoms with van der Waals surface area (Å²) in [5.74, 6) is -1.65. The van der Waals surface area contributed by atoms with Crippen LogP contribution < -0.4 is 31.8 Å². The molecule has 0 heterocycles. The smallest absolute Gasteiger partial charge is 0.332 e. The predicted molar refractivity (Wildman–Crippen MR) is 216 cm³/mol. The lowest BCUT2D eigenvalue weighted by Gasteiger charge is -2.31. The van der Waals surface area contributed by atoms with Gasteiger partial charge in [-0.15, -0.1) is 0 Å². The molecule has 2 N–H and O–H groups in total. The normalized spacial score (nSPS) is 10.6. The zero-order chi connectivity index (χ0) is 35.8. The summed E-state index contributed by atoms with van der Waals surface area (Å²) in [6.07, 6.45) is 1.58. The molecule has 0 saturated heterocycles. The third kappa shape index (κ3) is 9.36. The van der Waals surface area contributed by atoms with E-state index in [2.05, 4.69) is 128 Å². The highest BCUT2D eigenvalue weighted by Crippen LogP contribution is 2.46. The zero-order valence-electron chi connectivity index (χ0n) is 28.8. The molecule has 0 atom stereocenters. The van der Waals surface area contributed by atoms with Crippen molar-refractivity contribution in [2.24, 2.45) is 0 Å². The SMILES string of the molecule is CC(=O)O.CCC(C(=O)O)=P(c1ccccc1)(c1ccccc1)c1ccccc1.CCc1ccccc1P(c1ccccc1)c1ccccc1. The summed E-state index contributed by atoms with van der Waals surface area (Å²) >= 11 is 0. The lowest BCUT2D eigenvalue weighted by atomic mass is 10.2. The van der Waals surface area contributed by atoms with Crippen molar-refractivity contribution in [2.45, 2.75) is 33.6 Å². The fourth-order valence-corrected chi connectivity index (χ4v) is 13.0. The standard InChI is InChI=1S/C22H21O2P.C20H19P.C2H4O2/c1-2-21(22(23)24)25(18-12-6-3-7-13-18,19-14-8-4-9-15-19)20-16-10-5-11-17-20;1-2-17-11-9-10-16-20(17)21(18-12-5-3-6-13-18)19-14-7-4-8-15-19;1-2(3)4/h3-17H,2H2,1H3,(H,23,24);3-16H,2H2,1H3;1H3,(H,3,4). The van der Waals surface area contributed by atoms with E-state index in [0.29, 0.717) is 11.7 Å². The molecule has 0 fully saturated rings. The highest BCUT2D eigenvalue weighted by Gasteiger charge is 2.31. The van der Waals surface area contributed by atoms with Gasteiger partial charge in [-0.1, -0.05) is 190 Å². The van der Waals surface area contributed by atoms with Crippen LogP contribution >= 0.6 is 14.8 Å². The molecule has 254 valence electrons. The summed E-state index contributed by atoms with van der Waals surface area (Å²) in [5, 5.41) is 25.6. The van der Waals surface area contributed by atoms with E-state index >= 15 is 0 Å². The molecule has 4 nitrogen and oxygen atoms in total. The van der Waals surface area contributed by atoms with E-state index in [-0.39, 0.29) is 0 Å². The van der Waals surface area contributed by atoms with E-state index in [1.54, 1.807) is 0 Å². The van der Waals surface area contributed by atoms with Gasteiger partial charge in [0.2, 0.25) is 0 Å². The maximum absolute atomic E-state index is 12.3. The van der Waals surface area contributed by atoms with Crippen LogP contribution in [0.1, 0.15) is 32.8 Å². The summed E-state index contributed by atoms with van der Waals surface area (Å²) in [5.41, 5.74) is 1.45. The van der Waals surface area contributed by atoms with Crippen molar-refractivity contribution in [2.75, 3.05) is 0 Å². The number of aliphatic carboxylic acids is 2. The third-order valence-corrected chi connectivity index (χ3v) is 15.1. The minimum absolute atomic E-state index is 0.473. The summed E-state index contributed by atoms with van der Waals surface area (Å²) in [7, 11) is -0.473. The number of rotatable bonds is 9. The first-order chi connectivity index (χ1) is 24.3. The average molecular weight is 699 g/mol. The number of aryl methyl sites for hydroxylation is 1. The van der Waals surface area contributed by atoms with Crippen LogP contribution in [0.5, 0.6) is 0 Å². The lowest BCUT2D eigenvalue weighted by molar-refractivity contribution is -0.134. The molecule has 0 spiro atoms. The van der Waals surface area contributed by atoms with Gasteiger partial charge in [0.15, 0.2) is 0 Å². The minimum atomic E-state index is -2.40. The van der Waals surface area contributed by atoms with Gasteiger partial charge < -0.3 is 10.2 Å². The number of carbonyl (C=O) groups is 2. The molecule has 0 aliphatic carbocycles. The van der Waals surface area contributed by atoms with E-state index < -0.39 is 26.7 Å². The van der Waals surface area contributed by atoms with Gasteiger partial charge in [0.25, 0.3) is 5.97 Å². The summed E-state index contributed by atoms with van der Waals surface area (Å²) in [6, 6.07) is 60.9. The van der Waals surface area contributed by atoms with Crippen molar-refractivity contribution in [1.29, 1.82) is 0 Å². The van der Waals surface area contributed by atoms with Crippen molar-refractivity contribution < 1.29 is 19.8 Å². The average Bonchev–Trinajstić information content (AvgIpc) is 3.16. The quantitative estimate of drug-likeness (QED) is 0.152. The first-order valence-electron chi connectivity index (χ1n) is 16.7. The fourth-order valence-electron chi connectivity index (χ4n) is 6.01. The largest absolute Gasteiger partial charge is 0.481 e. The Balaban J connectivity index is 0.000000205. The van der Waals surface area contributed by atoms with Crippen LogP contribution in [-0.4, -0.2) is 27.4 Å². The van der Waals surface area contributed by atoms with Gasteiger partial charge in [0, 0.05) is 12.2 Å². The third-order valence-electron chi connectivity index (χ3n) is 8.06. The number of carboxylic acid groups (broad SMARTS) is 2. The van der Waals surface area contributed by atoms with Crippen molar-refractivity contribution in [3.8, 4) is 0 Å². The summed E-state index contributed by atoms with van der Waals surface area (Å²) in [6.45, 7) is 2.86. The second-order valence-electron chi connectivity index (χ2n) is 11.3. The molecule has 0 bridgehead atoms. The Bertz CT molecular complexity index is 1830. The summed E-state index contributed by atoms with van der Waals surface area (Å²) in [4.78, 5) is 21.3. The van der Waals surface area contributed by atoms with Crippen LogP contribution in [0, 0.1) is 0 Å². The second kappa shape index (κ2) is 19.2. The van der Waals surface area contributed by atoms with Crippen LogP contribution in [0.4, 0.5) is 0 Å². The van der Waals surface area contributed by atoms with Gasteiger partial charge >= 0.3 is 5.97 Å². The first-order valence-corrected chi connectivity index (χ1v) is 19.8. The van der Waals surface area contributed by atoms with Crippen molar-refractivity contribution in [3.05, 3.63) is 181 Å². The van der Waals surface area contributed by atoms with E-state index in [1.165, 1.54) is 21.5 Å². The molecule has 0 aromatic heterocycles. The topological polar surface area (TPSA) is 74.6 Å². The minimum Gasteiger partial charge on any atom is -0.481 e. The van der Waals surface area contributed by atoms with Crippen LogP contribution in [0.15, 0.2) is 176 Å². The van der Waals surface area contributed by atoms with Gasteiger partial charge in [-0.2, -0.15) is 0 Å². The molecular weight excluding hydrogens is 654 g/mol. The number of carboxylic acids is 2. The summed E-state index contributed by atoms with van der Waals surface area (Å²) < 4.78 is 0. The van der Waals surface area contributed by atoms with Gasteiger partial charge in [-0.25, -0.2) is 4.79 Å². The Morgan fingerprint density at radius 1 is 0.520 bits per heavy atom. The van der Waals surface area contributed by atoms with Crippen LogP contribution in [0.3, 0.4) is 0 Å². The molecule has 0 saturated carbocycles. The molecule has 0 unspecified atom stereocenters.